The van der Waals surface area contributed by atoms with E-state index < -0.39 is 31.0 Å². The number of nitrogens with zero attached hydrogens (tertiary/aromatic N) is 4. The number of primary amides is 1. The number of tetrazole rings is 1. The van der Waals surface area contributed by atoms with Gasteiger partial charge in [0.1, 0.15) is 13.1 Å². The summed E-state index contributed by atoms with van der Waals surface area (Å²) in [5, 5.41) is 23.5. The van der Waals surface area contributed by atoms with Crippen molar-refractivity contribution in [3.63, 3.8) is 0 Å². The van der Waals surface area contributed by atoms with Crippen LogP contribution in [0, 0.1) is 0 Å². The van der Waals surface area contributed by atoms with Gasteiger partial charge in [-0.3, -0.25) is 9.59 Å². The van der Waals surface area contributed by atoms with Crippen molar-refractivity contribution in [1.82, 2.24) is 30.8 Å². The Kier molecular flexibility index (Phi) is 4.54. The van der Waals surface area contributed by atoms with Crippen molar-refractivity contribution in [2.24, 2.45) is 5.73 Å². The molecule has 0 spiro atoms. The molecule has 0 aliphatic rings. The maximum Gasteiger partial charge on any atom is 0.323 e. The summed E-state index contributed by atoms with van der Waals surface area (Å²) in [4.78, 5) is 33.5. The third-order valence-electron chi connectivity index (χ3n) is 1.75. The summed E-state index contributed by atoms with van der Waals surface area (Å²) in [7, 11) is 0. The monoisotopic (exact) mass is 257 g/mol. The number of carboxylic acids is 1. The number of aromatic amines is 1. The topological polar surface area (TPSA) is 167 Å². The van der Waals surface area contributed by atoms with Crippen LogP contribution in [-0.2, 0) is 16.1 Å². The van der Waals surface area contributed by atoms with Crippen molar-refractivity contribution in [1.29, 1.82) is 0 Å². The molecule has 0 atom stereocenters. The molecule has 18 heavy (non-hydrogen) atoms. The van der Waals surface area contributed by atoms with Crippen molar-refractivity contribution in [2.45, 2.75) is 6.54 Å². The van der Waals surface area contributed by atoms with E-state index in [2.05, 4.69) is 25.9 Å². The van der Waals surface area contributed by atoms with Crippen molar-refractivity contribution in [3.05, 3.63) is 5.82 Å². The first kappa shape index (κ1) is 13.3. The maximum absolute atomic E-state index is 11.6. The Morgan fingerprint density at radius 2 is 2.11 bits per heavy atom. The average Bonchev–Trinajstić information content (AvgIpc) is 2.76. The lowest BCUT2D eigenvalue weighted by atomic mass is 10.4. The summed E-state index contributed by atoms with van der Waals surface area (Å²) in [5.41, 5.74) is 4.90. The van der Waals surface area contributed by atoms with Crippen LogP contribution in [0.4, 0.5) is 4.79 Å². The van der Waals surface area contributed by atoms with Gasteiger partial charge in [-0.2, -0.15) is 5.21 Å². The van der Waals surface area contributed by atoms with Crippen LogP contribution >= 0.6 is 0 Å². The number of aliphatic carboxylic acids is 1. The molecule has 5 N–H and O–H groups in total. The van der Waals surface area contributed by atoms with Gasteiger partial charge < -0.3 is 21.1 Å². The molecule has 0 aliphatic heterocycles. The number of aromatic nitrogens is 4. The number of nitrogens with two attached hydrogens (primary N) is 1. The number of H-pyrrole nitrogens is 1. The van der Waals surface area contributed by atoms with E-state index >= 15 is 0 Å². The van der Waals surface area contributed by atoms with Gasteiger partial charge in [0, 0.05) is 0 Å². The lowest BCUT2D eigenvalue weighted by Gasteiger charge is -2.18. The molecule has 11 nitrogen and oxygen atoms in total. The largest absolute Gasteiger partial charge is 0.480 e. The Morgan fingerprint density at radius 3 is 2.61 bits per heavy atom. The molecule has 1 rings (SSSR count). The highest BCUT2D eigenvalue weighted by atomic mass is 16.4. The molecule has 1 aromatic heterocycles. The minimum atomic E-state index is -1.26. The summed E-state index contributed by atoms with van der Waals surface area (Å²) in [6, 6.07) is -0.763. The highest BCUT2D eigenvalue weighted by molar-refractivity contribution is 5.85. The summed E-state index contributed by atoms with van der Waals surface area (Å²) in [5.74, 6) is -1.85. The predicted molar refractivity (Wildman–Crippen MR) is 54.8 cm³/mol. The van der Waals surface area contributed by atoms with Crippen LogP contribution in [-0.4, -0.2) is 61.6 Å². The van der Waals surface area contributed by atoms with Crippen LogP contribution in [0.15, 0.2) is 0 Å². The van der Waals surface area contributed by atoms with Crippen molar-refractivity contribution in [3.8, 4) is 0 Å². The molecule has 0 aliphatic carbocycles. The number of carbonyl (C=O) groups excluding carboxylic acids is 2. The number of hydrogen-bond acceptors (Lipinski definition) is 6. The molecular formula is C7H11N7O4. The van der Waals surface area contributed by atoms with E-state index in [0.717, 1.165) is 4.90 Å². The SMILES string of the molecule is NC(=O)CN(CC(=O)O)C(=O)NCc1nn[nH]n1. The molecule has 1 aromatic rings. The maximum atomic E-state index is 11.6. The third-order valence-corrected chi connectivity index (χ3v) is 1.75. The molecule has 0 saturated heterocycles. The van der Waals surface area contributed by atoms with Gasteiger partial charge in [-0.25, -0.2) is 4.79 Å². The Labute approximate surface area is 100 Å². The number of nitrogens with one attached hydrogen (secondary N) is 2. The van der Waals surface area contributed by atoms with E-state index in [1.54, 1.807) is 0 Å². The van der Waals surface area contributed by atoms with Gasteiger partial charge in [-0.15, -0.1) is 10.2 Å². The van der Waals surface area contributed by atoms with Gasteiger partial charge >= 0.3 is 12.0 Å². The first-order valence-electron chi connectivity index (χ1n) is 4.74. The number of carbonyl (C=O) groups is 3. The van der Waals surface area contributed by atoms with Crippen molar-refractivity contribution in [2.75, 3.05) is 13.1 Å². The minimum absolute atomic E-state index is 0.0514. The minimum Gasteiger partial charge on any atom is -0.480 e. The molecule has 98 valence electrons. The molecule has 0 fully saturated rings. The first-order valence-corrected chi connectivity index (χ1v) is 4.74. The second-order valence-corrected chi connectivity index (χ2v) is 3.20. The van der Waals surface area contributed by atoms with Crippen LogP contribution in [0.2, 0.25) is 0 Å². The molecule has 0 bridgehead atoms. The molecule has 0 radical (unpaired) electrons. The Hall–Kier alpha value is -2.72. The normalized spacial score (nSPS) is 9.78. The van der Waals surface area contributed by atoms with Gasteiger partial charge in [0.05, 0.1) is 6.54 Å². The van der Waals surface area contributed by atoms with Crippen molar-refractivity contribution >= 4 is 17.9 Å². The van der Waals surface area contributed by atoms with Gasteiger partial charge in [0.25, 0.3) is 0 Å². The van der Waals surface area contributed by atoms with Gasteiger partial charge in [-0.05, 0) is 0 Å². The fourth-order valence-corrected chi connectivity index (χ4v) is 1.07. The average molecular weight is 257 g/mol. The molecule has 0 aromatic carbocycles. The molecule has 11 heteroatoms. The van der Waals surface area contributed by atoms with E-state index in [4.69, 9.17) is 10.8 Å². The van der Waals surface area contributed by atoms with Crippen LogP contribution in [0.1, 0.15) is 5.82 Å². The van der Waals surface area contributed by atoms with E-state index in [0.29, 0.717) is 0 Å². The van der Waals surface area contributed by atoms with Crippen LogP contribution in [0.3, 0.4) is 0 Å². The fraction of sp³-hybridized carbons (Fsp3) is 0.429. The zero-order valence-corrected chi connectivity index (χ0v) is 9.16. The Bertz CT molecular complexity index is 415. The highest BCUT2D eigenvalue weighted by Gasteiger charge is 2.18. The van der Waals surface area contributed by atoms with Crippen molar-refractivity contribution < 1.29 is 19.5 Å². The highest BCUT2D eigenvalue weighted by Crippen LogP contribution is 1.91. The van der Waals surface area contributed by atoms with Gasteiger partial charge in [-0.1, -0.05) is 5.21 Å². The number of urea groups is 1. The zero-order valence-electron chi connectivity index (χ0n) is 9.16. The quantitative estimate of drug-likeness (QED) is 0.429. The third kappa shape index (κ3) is 4.42. The Balaban J connectivity index is 2.52. The Morgan fingerprint density at radius 1 is 1.39 bits per heavy atom. The summed E-state index contributed by atoms with van der Waals surface area (Å²) < 4.78 is 0. The molecular weight excluding hydrogens is 246 g/mol. The van der Waals surface area contributed by atoms with Gasteiger partial charge in [0.2, 0.25) is 5.91 Å². The molecule has 0 saturated carbocycles. The second-order valence-electron chi connectivity index (χ2n) is 3.20. The lowest BCUT2D eigenvalue weighted by Crippen LogP contribution is -2.46. The molecule has 0 unspecified atom stereocenters. The summed E-state index contributed by atoms with van der Waals surface area (Å²) >= 11 is 0. The van der Waals surface area contributed by atoms with Crippen LogP contribution in [0.25, 0.3) is 0 Å². The summed E-state index contributed by atoms with van der Waals surface area (Å²) in [6.45, 7) is -1.18. The van der Waals surface area contributed by atoms with Gasteiger partial charge in [0.15, 0.2) is 5.82 Å². The number of rotatable bonds is 6. The standard InChI is InChI=1S/C7H11N7O4/c8-4(15)2-14(3-6(16)17)7(18)9-1-5-10-12-13-11-5/h1-3H2,(H2,8,15)(H,9,18)(H,16,17)(H,10,11,12,13). The van der Waals surface area contributed by atoms with E-state index in [1.165, 1.54) is 0 Å². The van der Waals surface area contributed by atoms with E-state index in [9.17, 15) is 14.4 Å². The van der Waals surface area contributed by atoms with Crippen LogP contribution in [0.5, 0.6) is 0 Å². The number of carboxylic acid groups (broad SMARTS) is 1. The molecule has 3 amide bonds. The van der Waals surface area contributed by atoms with E-state index in [1.807, 2.05) is 0 Å². The zero-order chi connectivity index (χ0) is 13.5. The summed E-state index contributed by atoms with van der Waals surface area (Å²) in [6.07, 6.45) is 0. The number of amides is 3. The van der Waals surface area contributed by atoms with Crippen LogP contribution < -0.4 is 11.1 Å². The fourth-order valence-electron chi connectivity index (χ4n) is 1.07. The predicted octanol–water partition coefficient (Wildman–Crippen LogP) is -2.72. The second kappa shape index (κ2) is 6.12. The lowest BCUT2D eigenvalue weighted by molar-refractivity contribution is -0.137. The molecule has 1 heterocycles. The smallest absolute Gasteiger partial charge is 0.323 e. The number of hydrogen-bond donors (Lipinski definition) is 4. The van der Waals surface area contributed by atoms with E-state index in [-0.39, 0.29) is 12.4 Å². The first-order chi connectivity index (χ1) is 8.49.